The fourth-order valence-electron chi connectivity index (χ4n) is 7.96. The average molecular weight is 629 g/mol. The third kappa shape index (κ3) is 3.89. The molecule has 1 spiro atoms. The Morgan fingerprint density at radius 2 is 0.979 bits per heavy atom. The van der Waals surface area contributed by atoms with Crippen molar-refractivity contribution in [1.29, 1.82) is 0 Å². The van der Waals surface area contributed by atoms with Gasteiger partial charge in [0, 0.05) is 26.3 Å². The van der Waals surface area contributed by atoms with E-state index in [2.05, 4.69) is 146 Å². The number of nitrogens with zero attached hydrogens (tertiary/aromatic N) is 2. The van der Waals surface area contributed by atoms with Crippen LogP contribution in [0.1, 0.15) is 22.3 Å². The molecule has 0 atom stereocenters. The second kappa shape index (κ2) is 10.6. The number of hydrogen-bond acceptors (Lipinski definition) is 3. The van der Waals surface area contributed by atoms with E-state index in [4.69, 9.17) is 9.97 Å². The lowest BCUT2D eigenvalue weighted by atomic mass is 9.67. The molecule has 10 rings (SSSR count). The predicted molar refractivity (Wildman–Crippen MR) is 197 cm³/mol. The minimum Gasteiger partial charge on any atom is -0.228 e. The Hall–Kier alpha value is -5.77. The van der Waals surface area contributed by atoms with Crippen LogP contribution in [0.4, 0.5) is 0 Å². The number of benzene rings is 7. The average Bonchev–Trinajstić information content (AvgIpc) is 3.46. The van der Waals surface area contributed by atoms with Crippen molar-refractivity contribution < 1.29 is 0 Å². The molecule has 224 valence electrons. The standard InChI is InChI=1S/C45H28N2S/c1-2-13-31(14-3-1)44-46-39-22-9-5-16-34(39)43(47-44)30-27-25-29(26-28-30)32-17-12-21-38-42(32)33-15-4-6-18-35(33)45(38)36-19-7-10-23-40(36)48-41-24-11-8-20-37(41)45/h1-28H. The molecule has 0 unspecified atom stereocenters. The van der Waals surface area contributed by atoms with Crippen LogP contribution in [-0.2, 0) is 5.41 Å². The topological polar surface area (TPSA) is 25.8 Å². The summed E-state index contributed by atoms with van der Waals surface area (Å²) in [4.78, 5) is 12.7. The van der Waals surface area contributed by atoms with Crippen molar-refractivity contribution >= 4 is 22.7 Å². The first kappa shape index (κ1) is 27.4. The lowest BCUT2D eigenvalue weighted by molar-refractivity contribution is 0.722. The molecule has 0 amide bonds. The predicted octanol–water partition coefficient (Wildman–Crippen LogP) is 11.5. The molecule has 0 saturated heterocycles. The quantitative estimate of drug-likeness (QED) is 0.195. The summed E-state index contributed by atoms with van der Waals surface area (Å²) in [5.74, 6) is 0.738. The number of fused-ring (bicyclic) bond motifs is 10. The van der Waals surface area contributed by atoms with E-state index >= 15 is 0 Å². The van der Waals surface area contributed by atoms with Crippen molar-refractivity contribution in [3.8, 4) is 44.9 Å². The van der Waals surface area contributed by atoms with Crippen molar-refractivity contribution in [2.45, 2.75) is 15.2 Å². The molecule has 0 radical (unpaired) electrons. The zero-order valence-corrected chi connectivity index (χ0v) is 26.8. The van der Waals surface area contributed by atoms with Gasteiger partial charge in [-0.1, -0.05) is 163 Å². The van der Waals surface area contributed by atoms with Gasteiger partial charge in [-0.05, 0) is 62.7 Å². The zero-order valence-electron chi connectivity index (χ0n) is 26.0. The number of aromatic nitrogens is 2. The maximum atomic E-state index is 5.12. The fraction of sp³-hybridized carbons (Fsp3) is 0.0222. The van der Waals surface area contributed by atoms with Gasteiger partial charge < -0.3 is 0 Å². The molecular formula is C45H28N2S. The molecule has 7 aromatic carbocycles. The van der Waals surface area contributed by atoms with Gasteiger partial charge in [0.25, 0.3) is 0 Å². The summed E-state index contributed by atoms with van der Waals surface area (Å²) >= 11 is 1.88. The fourth-order valence-corrected chi connectivity index (χ4v) is 9.16. The summed E-state index contributed by atoms with van der Waals surface area (Å²) in [6, 6.07) is 61.3. The first-order valence-corrected chi connectivity index (χ1v) is 17.2. The molecule has 1 aliphatic heterocycles. The van der Waals surface area contributed by atoms with Crippen molar-refractivity contribution in [3.63, 3.8) is 0 Å². The highest BCUT2D eigenvalue weighted by Gasteiger charge is 2.50. The van der Waals surface area contributed by atoms with E-state index in [1.54, 1.807) is 0 Å². The van der Waals surface area contributed by atoms with E-state index in [1.807, 2.05) is 36.0 Å². The van der Waals surface area contributed by atoms with Gasteiger partial charge in [-0.3, -0.25) is 0 Å². The van der Waals surface area contributed by atoms with Crippen LogP contribution in [0.25, 0.3) is 55.8 Å². The maximum Gasteiger partial charge on any atom is 0.160 e. The number of rotatable bonds is 3. The first-order chi connectivity index (χ1) is 23.8. The SMILES string of the molecule is c1ccc(-c2nc(-c3ccc(-c4cccc5c4-c4ccccc4C54c5ccccc5Sc5ccccc54)cc3)c3ccccc3n2)cc1. The Kier molecular flexibility index (Phi) is 6.06. The summed E-state index contributed by atoms with van der Waals surface area (Å²) in [6.45, 7) is 0. The van der Waals surface area contributed by atoms with Crippen LogP contribution in [-0.4, -0.2) is 9.97 Å². The van der Waals surface area contributed by atoms with Crippen LogP contribution in [0.15, 0.2) is 180 Å². The molecule has 0 bridgehead atoms. The molecule has 2 heterocycles. The van der Waals surface area contributed by atoms with Crippen molar-refractivity contribution in [1.82, 2.24) is 9.97 Å². The summed E-state index contributed by atoms with van der Waals surface area (Å²) in [5.41, 5.74) is 14.1. The van der Waals surface area contributed by atoms with Gasteiger partial charge in [-0.25, -0.2) is 9.97 Å². The molecule has 3 heteroatoms. The minimum absolute atomic E-state index is 0.381. The van der Waals surface area contributed by atoms with Gasteiger partial charge in [0.05, 0.1) is 16.6 Å². The molecule has 1 aliphatic carbocycles. The van der Waals surface area contributed by atoms with E-state index in [1.165, 1.54) is 54.3 Å². The molecule has 2 aliphatic rings. The molecule has 2 nitrogen and oxygen atoms in total. The third-order valence-corrected chi connectivity index (χ3v) is 11.1. The largest absolute Gasteiger partial charge is 0.228 e. The van der Waals surface area contributed by atoms with Crippen LogP contribution in [0.2, 0.25) is 0 Å². The maximum absolute atomic E-state index is 5.12. The Morgan fingerprint density at radius 3 is 1.75 bits per heavy atom. The summed E-state index contributed by atoms with van der Waals surface area (Å²) < 4.78 is 0. The molecule has 0 N–H and O–H groups in total. The zero-order chi connectivity index (χ0) is 31.7. The molecule has 0 saturated carbocycles. The van der Waals surface area contributed by atoms with Gasteiger partial charge >= 0.3 is 0 Å². The van der Waals surface area contributed by atoms with Crippen molar-refractivity contribution in [2.24, 2.45) is 0 Å². The second-order valence-electron chi connectivity index (χ2n) is 12.5. The van der Waals surface area contributed by atoms with E-state index < -0.39 is 0 Å². The van der Waals surface area contributed by atoms with Crippen LogP contribution in [0.3, 0.4) is 0 Å². The van der Waals surface area contributed by atoms with Gasteiger partial charge in [-0.15, -0.1) is 0 Å². The van der Waals surface area contributed by atoms with Gasteiger partial charge in [0.2, 0.25) is 0 Å². The lowest BCUT2D eigenvalue weighted by Gasteiger charge is -2.39. The Labute approximate surface area is 283 Å². The highest BCUT2D eigenvalue weighted by Crippen LogP contribution is 2.63. The summed E-state index contributed by atoms with van der Waals surface area (Å²) in [7, 11) is 0. The normalized spacial score (nSPS) is 13.5. The van der Waals surface area contributed by atoms with Crippen molar-refractivity contribution in [2.75, 3.05) is 0 Å². The van der Waals surface area contributed by atoms with Gasteiger partial charge in [0.1, 0.15) is 0 Å². The van der Waals surface area contributed by atoms with E-state index in [-0.39, 0.29) is 5.41 Å². The van der Waals surface area contributed by atoms with Crippen LogP contribution in [0.5, 0.6) is 0 Å². The molecular weight excluding hydrogens is 601 g/mol. The van der Waals surface area contributed by atoms with Gasteiger partial charge in [0.15, 0.2) is 5.82 Å². The molecule has 8 aromatic rings. The monoisotopic (exact) mass is 628 g/mol. The first-order valence-electron chi connectivity index (χ1n) is 16.3. The van der Waals surface area contributed by atoms with Crippen LogP contribution in [0, 0.1) is 0 Å². The van der Waals surface area contributed by atoms with E-state index in [9.17, 15) is 0 Å². The smallest absolute Gasteiger partial charge is 0.160 e. The lowest BCUT2D eigenvalue weighted by Crippen LogP contribution is -2.31. The Balaban J connectivity index is 1.17. The molecule has 1 aromatic heterocycles. The highest BCUT2D eigenvalue weighted by molar-refractivity contribution is 7.99. The summed E-state index contributed by atoms with van der Waals surface area (Å²) in [5, 5.41) is 1.05. The minimum atomic E-state index is -0.381. The van der Waals surface area contributed by atoms with E-state index in [0.717, 1.165) is 33.5 Å². The van der Waals surface area contributed by atoms with Crippen LogP contribution >= 0.6 is 11.8 Å². The molecule has 0 fully saturated rings. The Morgan fingerprint density at radius 1 is 0.396 bits per heavy atom. The van der Waals surface area contributed by atoms with Crippen LogP contribution < -0.4 is 0 Å². The van der Waals surface area contributed by atoms with Gasteiger partial charge in [-0.2, -0.15) is 0 Å². The third-order valence-electron chi connectivity index (χ3n) is 9.98. The Bertz CT molecular complexity index is 2490. The molecule has 48 heavy (non-hydrogen) atoms. The second-order valence-corrected chi connectivity index (χ2v) is 13.6. The highest BCUT2D eigenvalue weighted by atomic mass is 32.2. The van der Waals surface area contributed by atoms with Crippen molar-refractivity contribution in [3.05, 3.63) is 192 Å². The summed E-state index contributed by atoms with van der Waals surface area (Å²) in [6.07, 6.45) is 0. The number of para-hydroxylation sites is 1. The number of hydrogen-bond donors (Lipinski definition) is 0. The van der Waals surface area contributed by atoms with E-state index in [0.29, 0.717) is 0 Å².